The van der Waals surface area contributed by atoms with Crippen molar-refractivity contribution in [2.24, 2.45) is 5.10 Å². The Labute approximate surface area is 64.9 Å². The smallest absolute Gasteiger partial charge is 0.341 e. The van der Waals surface area contributed by atoms with Crippen molar-refractivity contribution in [1.82, 2.24) is 5.43 Å². The highest BCUT2D eigenvalue weighted by atomic mass is 16.5. The maximum absolute atomic E-state index is 11.0. The van der Waals surface area contributed by atoms with Gasteiger partial charge in [-0.1, -0.05) is 0 Å². The van der Waals surface area contributed by atoms with Crippen molar-refractivity contribution in [2.45, 2.75) is 13.8 Å². The van der Waals surface area contributed by atoms with Gasteiger partial charge in [0.1, 0.15) is 5.57 Å². The average Bonchev–Trinajstić information content (AvgIpc) is 2.36. The summed E-state index contributed by atoms with van der Waals surface area (Å²) in [5.41, 5.74) is 4.73. The molecule has 1 rings (SSSR count). The monoisotopic (exact) mass is 153 g/mol. The molecule has 0 atom stereocenters. The Balaban J connectivity index is 2.66. The summed E-state index contributed by atoms with van der Waals surface area (Å²) in [6.45, 7) is 3.86. The lowest BCUT2D eigenvalue weighted by Crippen LogP contribution is -2.09. The number of nitrogens with zero attached hydrogens (tertiary/aromatic N) is 2. The van der Waals surface area contributed by atoms with Gasteiger partial charge in [0, 0.05) is 0 Å². The topological polar surface area (TPSA) is 52.8 Å². The standard InChI is InChI=1S/C7H9N2O2/c1-3-11-7(10)6-4-8-9-5(6)2/h4H,3H2,1-2H3. The second kappa shape index (κ2) is 3.18. The van der Waals surface area contributed by atoms with Crippen LogP contribution < -0.4 is 5.43 Å². The van der Waals surface area contributed by atoms with Crippen LogP contribution in [0.15, 0.2) is 16.4 Å². The van der Waals surface area contributed by atoms with Gasteiger partial charge in [0.25, 0.3) is 0 Å². The Kier molecular flexibility index (Phi) is 2.25. The van der Waals surface area contributed by atoms with Crippen LogP contribution in [0, 0.1) is 0 Å². The van der Waals surface area contributed by atoms with Gasteiger partial charge in [0.15, 0.2) is 0 Å². The summed E-state index contributed by atoms with van der Waals surface area (Å²) in [4.78, 5) is 11.0. The number of ether oxygens (including phenoxy) is 1. The van der Waals surface area contributed by atoms with Crippen LogP contribution >= 0.6 is 0 Å². The van der Waals surface area contributed by atoms with E-state index in [-0.39, 0.29) is 5.97 Å². The summed E-state index contributed by atoms with van der Waals surface area (Å²) in [7, 11) is 0. The fourth-order valence-electron chi connectivity index (χ4n) is 0.730. The SMILES string of the molecule is CCOC(=O)C1=C(C)[N]N=C1. The highest BCUT2D eigenvalue weighted by molar-refractivity contribution is 6.10. The van der Waals surface area contributed by atoms with E-state index in [2.05, 4.69) is 10.5 Å². The predicted octanol–water partition coefficient (Wildman–Crippen LogP) is 0.427. The summed E-state index contributed by atoms with van der Waals surface area (Å²) in [6, 6.07) is 0. The molecule has 1 heterocycles. The molecule has 0 aromatic carbocycles. The van der Waals surface area contributed by atoms with Crippen LogP contribution in [-0.2, 0) is 9.53 Å². The number of carbonyl (C=O) groups is 1. The third-order valence-electron chi connectivity index (χ3n) is 1.28. The molecule has 0 amide bonds. The minimum Gasteiger partial charge on any atom is -0.462 e. The molecular formula is C7H9N2O2. The maximum Gasteiger partial charge on any atom is 0.341 e. The molecule has 4 heteroatoms. The Morgan fingerprint density at radius 2 is 2.45 bits per heavy atom. The zero-order valence-corrected chi connectivity index (χ0v) is 6.50. The van der Waals surface area contributed by atoms with E-state index in [0.29, 0.717) is 17.9 Å². The summed E-state index contributed by atoms with van der Waals surface area (Å²) in [5, 5.41) is 3.57. The molecule has 0 spiro atoms. The van der Waals surface area contributed by atoms with Crippen LogP contribution in [-0.4, -0.2) is 18.8 Å². The molecule has 59 valence electrons. The molecule has 0 aromatic heterocycles. The Morgan fingerprint density at radius 3 is 2.91 bits per heavy atom. The van der Waals surface area contributed by atoms with Gasteiger partial charge in [-0.25, -0.2) is 4.79 Å². The van der Waals surface area contributed by atoms with Gasteiger partial charge in [-0.2, -0.15) is 10.5 Å². The average molecular weight is 153 g/mol. The second-order valence-electron chi connectivity index (χ2n) is 2.06. The molecular weight excluding hydrogens is 144 g/mol. The van der Waals surface area contributed by atoms with E-state index in [1.165, 1.54) is 6.21 Å². The van der Waals surface area contributed by atoms with Crippen molar-refractivity contribution in [3.63, 3.8) is 0 Å². The minimum absolute atomic E-state index is 0.352. The van der Waals surface area contributed by atoms with Gasteiger partial charge in [-0.15, -0.1) is 0 Å². The first-order valence-corrected chi connectivity index (χ1v) is 3.37. The predicted molar refractivity (Wildman–Crippen MR) is 40.0 cm³/mol. The van der Waals surface area contributed by atoms with E-state index in [4.69, 9.17) is 4.74 Å². The third kappa shape index (κ3) is 1.58. The molecule has 4 nitrogen and oxygen atoms in total. The van der Waals surface area contributed by atoms with Crippen LogP contribution in [0.5, 0.6) is 0 Å². The number of esters is 1. The fourth-order valence-corrected chi connectivity index (χ4v) is 0.730. The number of allylic oxidation sites excluding steroid dienone is 1. The van der Waals surface area contributed by atoms with E-state index in [1.807, 2.05) is 0 Å². The van der Waals surface area contributed by atoms with Crippen molar-refractivity contribution < 1.29 is 9.53 Å². The number of hydrogen-bond donors (Lipinski definition) is 0. The number of hydrogen-bond acceptors (Lipinski definition) is 3. The van der Waals surface area contributed by atoms with Gasteiger partial charge in [-0.05, 0) is 13.8 Å². The number of carbonyl (C=O) groups excluding carboxylic acids is 1. The molecule has 0 saturated carbocycles. The van der Waals surface area contributed by atoms with Gasteiger partial charge >= 0.3 is 5.97 Å². The molecule has 0 aromatic rings. The Hall–Kier alpha value is -1.32. The molecule has 1 aliphatic heterocycles. The highest BCUT2D eigenvalue weighted by Gasteiger charge is 2.16. The first-order chi connectivity index (χ1) is 5.25. The van der Waals surface area contributed by atoms with Crippen molar-refractivity contribution in [2.75, 3.05) is 6.61 Å². The molecule has 0 unspecified atom stereocenters. The zero-order chi connectivity index (χ0) is 8.27. The molecule has 0 N–H and O–H groups in total. The molecule has 0 bridgehead atoms. The summed E-state index contributed by atoms with van der Waals surface area (Å²) in [6.07, 6.45) is 1.41. The van der Waals surface area contributed by atoms with E-state index in [1.54, 1.807) is 13.8 Å². The lowest BCUT2D eigenvalue weighted by Gasteiger charge is -1.98. The maximum atomic E-state index is 11.0. The summed E-state index contributed by atoms with van der Waals surface area (Å²) in [5.74, 6) is -0.352. The normalized spacial score (nSPS) is 15.1. The van der Waals surface area contributed by atoms with Gasteiger partial charge in [-0.3, -0.25) is 0 Å². The molecule has 0 fully saturated rings. The highest BCUT2D eigenvalue weighted by Crippen LogP contribution is 2.07. The fraction of sp³-hybridized carbons (Fsp3) is 0.429. The van der Waals surface area contributed by atoms with Crippen LogP contribution in [0.25, 0.3) is 0 Å². The van der Waals surface area contributed by atoms with Crippen molar-refractivity contribution in [3.8, 4) is 0 Å². The summed E-state index contributed by atoms with van der Waals surface area (Å²) < 4.78 is 4.75. The quantitative estimate of drug-likeness (QED) is 0.540. The van der Waals surface area contributed by atoms with E-state index >= 15 is 0 Å². The molecule has 11 heavy (non-hydrogen) atoms. The van der Waals surface area contributed by atoms with E-state index in [9.17, 15) is 4.79 Å². The lowest BCUT2D eigenvalue weighted by molar-refractivity contribution is -0.137. The van der Waals surface area contributed by atoms with Crippen molar-refractivity contribution >= 4 is 12.2 Å². The first kappa shape index (κ1) is 7.78. The zero-order valence-electron chi connectivity index (χ0n) is 6.50. The van der Waals surface area contributed by atoms with Crippen molar-refractivity contribution in [1.29, 1.82) is 0 Å². The van der Waals surface area contributed by atoms with Gasteiger partial charge in [0.2, 0.25) is 0 Å². The van der Waals surface area contributed by atoms with Crippen molar-refractivity contribution in [3.05, 3.63) is 11.3 Å². The van der Waals surface area contributed by atoms with Crippen LogP contribution in [0.1, 0.15) is 13.8 Å². The lowest BCUT2D eigenvalue weighted by atomic mass is 10.2. The van der Waals surface area contributed by atoms with Crippen LogP contribution in [0.4, 0.5) is 0 Å². The minimum atomic E-state index is -0.352. The van der Waals surface area contributed by atoms with Crippen LogP contribution in [0.3, 0.4) is 0 Å². The van der Waals surface area contributed by atoms with Gasteiger partial charge in [0.05, 0.1) is 18.5 Å². The summed E-state index contributed by atoms with van der Waals surface area (Å²) >= 11 is 0. The van der Waals surface area contributed by atoms with Crippen LogP contribution in [0.2, 0.25) is 0 Å². The molecule has 1 radical (unpaired) electrons. The Morgan fingerprint density at radius 1 is 1.73 bits per heavy atom. The molecule has 0 aliphatic carbocycles. The largest absolute Gasteiger partial charge is 0.462 e. The third-order valence-corrected chi connectivity index (χ3v) is 1.28. The molecule has 1 aliphatic rings. The Bertz CT molecular complexity index is 231. The van der Waals surface area contributed by atoms with Gasteiger partial charge < -0.3 is 4.74 Å². The second-order valence-corrected chi connectivity index (χ2v) is 2.06. The first-order valence-electron chi connectivity index (χ1n) is 3.37. The van der Waals surface area contributed by atoms with E-state index < -0.39 is 0 Å². The number of rotatable bonds is 2. The molecule has 0 saturated heterocycles. The van der Waals surface area contributed by atoms with E-state index in [0.717, 1.165) is 0 Å².